The Balaban J connectivity index is 1.88. The molecule has 1 aliphatic rings. The minimum Gasteiger partial charge on any atom is -0.456 e. The van der Waals surface area contributed by atoms with Crippen molar-refractivity contribution in [3.8, 4) is 11.5 Å². The lowest BCUT2D eigenvalue weighted by Crippen LogP contribution is -2.34. The van der Waals surface area contributed by atoms with Gasteiger partial charge in [-0.15, -0.1) is 0 Å². The number of hydrogen-bond acceptors (Lipinski definition) is 6. The minimum atomic E-state index is -3.78. The fraction of sp³-hybridized carbons (Fsp3) is 0.308. The number of rotatable bonds is 9. The third kappa shape index (κ3) is 5.65. The second-order valence-electron chi connectivity index (χ2n) is 9.22. The molecule has 3 aromatic rings. The van der Waals surface area contributed by atoms with Gasteiger partial charge in [0.25, 0.3) is 21.7 Å². The third-order valence-corrected chi connectivity index (χ3v) is 7.27. The Kier molecular flexibility index (Phi) is 7.47. The Morgan fingerprint density at radius 1 is 1.16 bits per heavy atom. The minimum absolute atomic E-state index is 0.00133. The number of nitrogens with one attached hydrogen (secondary N) is 3. The van der Waals surface area contributed by atoms with E-state index >= 15 is 0 Å². The van der Waals surface area contributed by atoms with Crippen LogP contribution in [0.5, 0.6) is 11.5 Å². The molecule has 0 atom stereocenters. The molecule has 0 unspecified atom stereocenters. The summed E-state index contributed by atoms with van der Waals surface area (Å²) < 4.78 is 50.8. The van der Waals surface area contributed by atoms with Gasteiger partial charge >= 0.3 is 0 Å². The first kappa shape index (κ1) is 27.1. The maximum atomic E-state index is 15.0. The number of aromatic nitrogens is 1. The highest BCUT2D eigenvalue weighted by molar-refractivity contribution is 7.90. The normalized spacial score (nSPS) is 13.2. The topological polar surface area (TPSA) is 122 Å². The van der Waals surface area contributed by atoms with Crippen molar-refractivity contribution in [3.63, 3.8) is 0 Å². The number of ether oxygens (including phenoxy) is 1. The maximum absolute atomic E-state index is 15.0. The van der Waals surface area contributed by atoms with Gasteiger partial charge in [0.1, 0.15) is 22.9 Å². The summed E-state index contributed by atoms with van der Waals surface area (Å²) in [6.07, 6.45) is 1.66. The van der Waals surface area contributed by atoms with Gasteiger partial charge in [-0.1, -0.05) is 12.1 Å². The number of nitrogens with zero attached hydrogens (tertiary/aromatic N) is 2. The van der Waals surface area contributed by atoms with E-state index in [1.54, 1.807) is 38.2 Å². The van der Waals surface area contributed by atoms with Gasteiger partial charge in [0.2, 0.25) is 0 Å². The number of halogens is 1. The first-order valence-corrected chi connectivity index (χ1v) is 13.4. The van der Waals surface area contributed by atoms with E-state index < -0.39 is 27.5 Å². The number of hydrogen-bond donors (Lipinski definition) is 3. The Labute approximate surface area is 220 Å². The molecule has 1 saturated carbocycles. The summed E-state index contributed by atoms with van der Waals surface area (Å²) in [5.41, 5.74) is 0.883. The Morgan fingerprint density at radius 2 is 1.87 bits per heavy atom. The van der Waals surface area contributed by atoms with E-state index in [0.29, 0.717) is 0 Å². The molecular weight excluding hydrogens is 513 g/mol. The highest BCUT2D eigenvalue weighted by atomic mass is 32.2. The van der Waals surface area contributed by atoms with Gasteiger partial charge in [0.15, 0.2) is 5.75 Å². The Morgan fingerprint density at radius 3 is 2.50 bits per heavy atom. The fourth-order valence-corrected chi connectivity index (χ4v) is 4.60. The predicted octanol–water partition coefficient (Wildman–Crippen LogP) is 3.47. The van der Waals surface area contributed by atoms with Crippen LogP contribution in [-0.4, -0.2) is 39.0 Å². The van der Waals surface area contributed by atoms with Crippen molar-refractivity contribution >= 4 is 33.3 Å². The van der Waals surface area contributed by atoms with Crippen LogP contribution >= 0.6 is 0 Å². The summed E-state index contributed by atoms with van der Waals surface area (Å²) >= 11 is 0. The van der Waals surface area contributed by atoms with Gasteiger partial charge in [-0.3, -0.25) is 18.9 Å². The number of anilines is 3. The molecule has 2 aromatic carbocycles. The molecule has 1 heterocycles. The van der Waals surface area contributed by atoms with Gasteiger partial charge in [0.05, 0.1) is 16.9 Å². The van der Waals surface area contributed by atoms with Gasteiger partial charge < -0.3 is 15.0 Å². The molecule has 1 aliphatic carbocycles. The van der Waals surface area contributed by atoms with Crippen LogP contribution in [0.4, 0.5) is 21.6 Å². The van der Waals surface area contributed by atoms with Crippen LogP contribution in [0.25, 0.3) is 0 Å². The van der Waals surface area contributed by atoms with Crippen molar-refractivity contribution in [1.82, 2.24) is 14.6 Å². The van der Waals surface area contributed by atoms with Crippen LogP contribution in [0.15, 0.2) is 47.3 Å². The molecule has 0 saturated heterocycles. The van der Waals surface area contributed by atoms with E-state index in [1.165, 1.54) is 48.7 Å². The SMILES string of the molecule is CNS(=O)(=O)Nc1cccc(Oc2c(C(=O)NC3CC3)c(N(C)c3ccc(C)cc3F)n(C)c(=O)c2C)c1. The van der Waals surface area contributed by atoms with Crippen molar-refractivity contribution in [2.24, 2.45) is 7.05 Å². The molecule has 1 amide bonds. The van der Waals surface area contributed by atoms with Crippen molar-refractivity contribution in [2.75, 3.05) is 23.7 Å². The number of benzene rings is 2. The number of pyridine rings is 1. The zero-order chi connectivity index (χ0) is 27.8. The second-order valence-corrected chi connectivity index (χ2v) is 10.8. The number of carbonyl (C=O) groups excluding carboxylic acids is 1. The van der Waals surface area contributed by atoms with Crippen molar-refractivity contribution in [3.05, 3.63) is 75.3 Å². The molecule has 0 radical (unpaired) electrons. The van der Waals surface area contributed by atoms with Gasteiger partial charge in [0, 0.05) is 33.3 Å². The van der Waals surface area contributed by atoms with Gasteiger partial charge in [-0.25, -0.2) is 9.11 Å². The molecule has 10 nitrogen and oxygen atoms in total. The molecular formula is C26H30FN5O5S. The van der Waals surface area contributed by atoms with Crippen LogP contribution < -0.4 is 30.0 Å². The molecule has 1 aromatic heterocycles. The van der Waals surface area contributed by atoms with Gasteiger partial charge in [-0.2, -0.15) is 8.42 Å². The van der Waals surface area contributed by atoms with E-state index in [0.717, 1.165) is 18.4 Å². The molecule has 38 heavy (non-hydrogen) atoms. The molecule has 0 spiro atoms. The third-order valence-electron chi connectivity index (χ3n) is 6.23. The molecule has 0 aliphatic heterocycles. The predicted molar refractivity (Wildman–Crippen MR) is 144 cm³/mol. The molecule has 1 fully saturated rings. The summed E-state index contributed by atoms with van der Waals surface area (Å²) in [6.45, 7) is 3.30. The molecule has 0 bridgehead atoms. The van der Waals surface area contributed by atoms with Crippen LogP contribution in [0.2, 0.25) is 0 Å². The standard InChI is InChI=1S/C26H30FN5O5S/c1-15-9-12-21(20(27)13-15)31(4)25-22(24(33)29-17-10-11-17)23(16(2)26(34)32(25)5)37-19-8-6-7-18(14-19)30-38(35,36)28-3/h6-9,12-14,17,28,30H,10-11H2,1-5H3,(H,29,33). The first-order chi connectivity index (χ1) is 17.9. The lowest BCUT2D eigenvalue weighted by Gasteiger charge is -2.27. The van der Waals surface area contributed by atoms with E-state index in [4.69, 9.17) is 4.74 Å². The second kappa shape index (κ2) is 10.5. The summed E-state index contributed by atoms with van der Waals surface area (Å²) in [5.74, 6) is -0.658. The number of amides is 1. The largest absolute Gasteiger partial charge is 0.456 e. The van der Waals surface area contributed by atoms with Crippen LogP contribution in [0.1, 0.15) is 34.3 Å². The van der Waals surface area contributed by atoms with Crippen LogP contribution in [0.3, 0.4) is 0 Å². The summed E-state index contributed by atoms with van der Waals surface area (Å²) in [5, 5.41) is 2.94. The fourth-order valence-electron chi connectivity index (χ4n) is 4.06. The average molecular weight is 544 g/mol. The van der Waals surface area contributed by atoms with E-state index in [9.17, 15) is 22.4 Å². The highest BCUT2D eigenvalue weighted by Gasteiger charge is 2.32. The average Bonchev–Trinajstić information content (AvgIpc) is 3.67. The van der Waals surface area contributed by atoms with E-state index in [2.05, 4.69) is 14.8 Å². The van der Waals surface area contributed by atoms with E-state index in [-0.39, 0.29) is 45.9 Å². The van der Waals surface area contributed by atoms with Gasteiger partial charge in [-0.05, 0) is 56.5 Å². The molecule has 12 heteroatoms. The maximum Gasteiger partial charge on any atom is 0.298 e. The summed E-state index contributed by atoms with van der Waals surface area (Å²) in [6, 6.07) is 10.8. The Hall–Kier alpha value is -3.90. The molecule has 202 valence electrons. The monoisotopic (exact) mass is 543 g/mol. The number of aryl methyl sites for hydroxylation is 1. The zero-order valence-corrected chi connectivity index (χ0v) is 22.6. The van der Waals surface area contributed by atoms with Crippen molar-refractivity contribution in [1.29, 1.82) is 0 Å². The highest BCUT2D eigenvalue weighted by Crippen LogP contribution is 2.38. The lowest BCUT2D eigenvalue weighted by molar-refractivity contribution is 0.0948. The first-order valence-electron chi connectivity index (χ1n) is 12.0. The van der Waals surface area contributed by atoms with Crippen molar-refractivity contribution < 1.29 is 22.3 Å². The zero-order valence-electron chi connectivity index (χ0n) is 21.8. The van der Waals surface area contributed by atoms with Crippen molar-refractivity contribution in [2.45, 2.75) is 32.7 Å². The quantitative estimate of drug-likeness (QED) is 0.380. The Bertz CT molecular complexity index is 1570. The lowest BCUT2D eigenvalue weighted by atomic mass is 10.1. The molecule has 3 N–H and O–H groups in total. The molecule has 4 rings (SSSR count). The number of carbonyl (C=O) groups is 1. The van der Waals surface area contributed by atoms with Crippen LogP contribution in [-0.2, 0) is 17.3 Å². The summed E-state index contributed by atoms with van der Waals surface area (Å²) in [7, 11) is 0.572. The van der Waals surface area contributed by atoms with E-state index in [1.807, 2.05) is 0 Å². The van der Waals surface area contributed by atoms with Crippen LogP contribution in [0, 0.1) is 19.7 Å². The summed E-state index contributed by atoms with van der Waals surface area (Å²) in [4.78, 5) is 28.3. The smallest absolute Gasteiger partial charge is 0.298 e.